The van der Waals surface area contributed by atoms with Crippen LogP contribution in [0.4, 0.5) is 4.79 Å². The minimum Gasteiger partial charge on any atom is -0.444 e. The third kappa shape index (κ3) is 6.57. The smallest absolute Gasteiger partial charge is 0.411 e. The topological polar surface area (TPSA) is 59.0 Å². The third-order valence-electron chi connectivity index (χ3n) is 2.54. The summed E-state index contributed by atoms with van der Waals surface area (Å²) in [5.41, 5.74) is -1.47. The van der Waals surface area contributed by atoms with Crippen molar-refractivity contribution in [2.75, 3.05) is 19.8 Å². The van der Waals surface area contributed by atoms with Gasteiger partial charge in [-0.3, -0.25) is 4.90 Å². The first kappa shape index (κ1) is 19.2. The SMILES string of the molecule is CC(C)(C)OC(=O)N(C(C)(C)C)C(C)(C)COCCO. The highest BCUT2D eigenvalue weighted by Gasteiger charge is 2.41. The second-order valence-corrected chi connectivity index (χ2v) is 7.58. The number of carbonyl (C=O) groups excluding carboxylic acids is 1. The van der Waals surface area contributed by atoms with Crippen molar-refractivity contribution in [1.29, 1.82) is 0 Å². The summed E-state index contributed by atoms with van der Waals surface area (Å²) >= 11 is 0. The lowest BCUT2D eigenvalue weighted by Crippen LogP contribution is -2.60. The first-order valence-corrected chi connectivity index (χ1v) is 7.03. The van der Waals surface area contributed by atoms with E-state index in [1.807, 2.05) is 55.4 Å². The largest absolute Gasteiger partial charge is 0.444 e. The Labute approximate surface area is 123 Å². The number of nitrogens with zero attached hydrogens (tertiary/aromatic N) is 1. The number of aliphatic hydroxyl groups is 1. The maximum Gasteiger partial charge on any atom is 0.411 e. The van der Waals surface area contributed by atoms with E-state index in [0.29, 0.717) is 6.61 Å². The van der Waals surface area contributed by atoms with Crippen LogP contribution in [0, 0.1) is 0 Å². The molecule has 0 saturated carbocycles. The Kier molecular flexibility index (Phi) is 6.49. The van der Waals surface area contributed by atoms with Gasteiger partial charge in [0, 0.05) is 5.54 Å². The summed E-state index contributed by atoms with van der Waals surface area (Å²) in [7, 11) is 0. The van der Waals surface area contributed by atoms with E-state index in [-0.39, 0.29) is 19.3 Å². The number of carbonyl (C=O) groups is 1. The monoisotopic (exact) mass is 289 g/mol. The molecule has 0 aliphatic rings. The first-order valence-electron chi connectivity index (χ1n) is 7.03. The van der Waals surface area contributed by atoms with Gasteiger partial charge in [0.2, 0.25) is 0 Å². The molecule has 0 aliphatic carbocycles. The van der Waals surface area contributed by atoms with Crippen LogP contribution in [-0.4, -0.2) is 52.6 Å². The average molecular weight is 289 g/mol. The first-order chi connectivity index (χ1) is 8.81. The number of aliphatic hydroxyl groups excluding tert-OH is 1. The molecule has 0 aromatic heterocycles. The van der Waals surface area contributed by atoms with Gasteiger partial charge in [0.15, 0.2) is 0 Å². The molecular formula is C15H31NO4. The highest BCUT2D eigenvalue weighted by molar-refractivity contribution is 5.70. The van der Waals surface area contributed by atoms with Crippen molar-refractivity contribution in [3.05, 3.63) is 0 Å². The zero-order chi connectivity index (χ0) is 16.2. The zero-order valence-electron chi connectivity index (χ0n) is 14.2. The van der Waals surface area contributed by atoms with Gasteiger partial charge in [0.1, 0.15) is 5.60 Å². The van der Waals surface area contributed by atoms with E-state index in [1.54, 1.807) is 4.90 Å². The molecule has 5 heteroatoms. The molecule has 20 heavy (non-hydrogen) atoms. The Bertz CT molecular complexity index is 313. The summed E-state index contributed by atoms with van der Waals surface area (Å²) in [6.45, 7) is 15.9. The lowest BCUT2D eigenvalue weighted by molar-refractivity contribution is -0.0552. The van der Waals surface area contributed by atoms with Crippen LogP contribution < -0.4 is 0 Å². The Morgan fingerprint density at radius 1 is 1.05 bits per heavy atom. The molecule has 0 aromatic rings. The fourth-order valence-corrected chi connectivity index (χ4v) is 2.19. The van der Waals surface area contributed by atoms with Gasteiger partial charge in [-0.1, -0.05) is 0 Å². The van der Waals surface area contributed by atoms with Crippen molar-refractivity contribution in [1.82, 2.24) is 4.90 Å². The molecule has 0 atom stereocenters. The highest BCUT2D eigenvalue weighted by atomic mass is 16.6. The molecule has 1 N–H and O–H groups in total. The summed E-state index contributed by atoms with van der Waals surface area (Å²) in [5, 5.41) is 8.79. The van der Waals surface area contributed by atoms with Gasteiger partial charge in [0.25, 0.3) is 0 Å². The molecule has 0 unspecified atom stereocenters. The summed E-state index contributed by atoms with van der Waals surface area (Å²) in [6.07, 6.45) is -0.359. The summed E-state index contributed by atoms with van der Waals surface area (Å²) < 4.78 is 10.9. The average Bonchev–Trinajstić information content (AvgIpc) is 2.10. The molecule has 120 valence electrons. The third-order valence-corrected chi connectivity index (χ3v) is 2.54. The van der Waals surface area contributed by atoms with Crippen LogP contribution in [0.3, 0.4) is 0 Å². The summed E-state index contributed by atoms with van der Waals surface area (Å²) in [5.74, 6) is 0. The Hall–Kier alpha value is -0.810. The predicted octanol–water partition coefficient (Wildman–Crippen LogP) is 2.81. The van der Waals surface area contributed by atoms with E-state index in [9.17, 15) is 4.79 Å². The number of ether oxygens (including phenoxy) is 2. The molecule has 0 saturated heterocycles. The van der Waals surface area contributed by atoms with Gasteiger partial charge in [-0.15, -0.1) is 0 Å². The minimum absolute atomic E-state index is 0.0297. The Balaban J connectivity index is 5.11. The minimum atomic E-state index is -0.539. The van der Waals surface area contributed by atoms with Crippen molar-refractivity contribution in [3.63, 3.8) is 0 Å². The fourth-order valence-electron chi connectivity index (χ4n) is 2.19. The van der Waals surface area contributed by atoms with Gasteiger partial charge < -0.3 is 14.6 Å². The fraction of sp³-hybridized carbons (Fsp3) is 0.933. The standard InChI is InChI=1S/C15H31NO4/c1-13(2,3)16(12(18)20-14(4,5)6)15(7,8)11-19-10-9-17/h17H,9-11H2,1-8H3. The second kappa shape index (κ2) is 6.76. The van der Waals surface area contributed by atoms with Crippen LogP contribution in [-0.2, 0) is 9.47 Å². The molecule has 0 aliphatic heterocycles. The normalized spacial score (nSPS) is 13.2. The van der Waals surface area contributed by atoms with Gasteiger partial charge >= 0.3 is 6.09 Å². The highest BCUT2D eigenvalue weighted by Crippen LogP contribution is 2.28. The van der Waals surface area contributed by atoms with Crippen molar-refractivity contribution >= 4 is 6.09 Å². The Morgan fingerprint density at radius 3 is 1.90 bits per heavy atom. The van der Waals surface area contributed by atoms with Gasteiger partial charge in [0.05, 0.1) is 25.4 Å². The predicted molar refractivity (Wildman–Crippen MR) is 79.8 cm³/mol. The van der Waals surface area contributed by atoms with Crippen molar-refractivity contribution in [3.8, 4) is 0 Å². The number of hydrogen-bond acceptors (Lipinski definition) is 4. The lowest BCUT2D eigenvalue weighted by atomic mass is 9.96. The van der Waals surface area contributed by atoms with E-state index in [2.05, 4.69) is 0 Å². The van der Waals surface area contributed by atoms with Gasteiger partial charge in [-0.2, -0.15) is 0 Å². The summed E-state index contributed by atoms with van der Waals surface area (Å²) in [6, 6.07) is 0. The molecule has 0 fully saturated rings. The molecular weight excluding hydrogens is 258 g/mol. The van der Waals surface area contributed by atoms with E-state index in [1.165, 1.54) is 0 Å². The molecule has 5 nitrogen and oxygen atoms in total. The van der Waals surface area contributed by atoms with Crippen LogP contribution in [0.2, 0.25) is 0 Å². The van der Waals surface area contributed by atoms with Crippen LogP contribution in [0.15, 0.2) is 0 Å². The van der Waals surface area contributed by atoms with Crippen molar-refractivity contribution in [2.45, 2.75) is 72.1 Å². The number of rotatable bonds is 5. The maximum atomic E-state index is 12.5. The molecule has 0 spiro atoms. The molecule has 0 bridgehead atoms. The van der Waals surface area contributed by atoms with Gasteiger partial charge in [-0.05, 0) is 55.4 Å². The maximum absolute atomic E-state index is 12.5. The lowest BCUT2D eigenvalue weighted by Gasteiger charge is -2.46. The quantitative estimate of drug-likeness (QED) is 0.791. The van der Waals surface area contributed by atoms with E-state index in [4.69, 9.17) is 14.6 Å². The number of amides is 1. The van der Waals surface area contributed by atoms with Crippen LogP contribution in [0.1, 0.15) is 55.4 Å². The number of hydrogen-bond donors (Lipinski definition) is 1. The summed E-state index contributed by atoms with van der Waals surface area (Å²) in [4.78, 5) is 14.2. The molecule has 0 rings (SSSR count). The second-order valence-electron chi connectivity index (χ2n) is 7.58. The van der Waals surface area contributed by atoms with E-state index < -0.39 is 16.7 Å². The molecule has 0 radical (unpaired) electrons. The van der Waals surface area contributed by atoms with Gasteiger partial charge in [-0.25, -0.2) is 4.79 Å². The van der Waals surface area contributed by atoms with E-state index >= 15 is 0 Å². The van der Waals surface area contributed by atoms with Crippen molar-refractivity contribution in [2.24, 2.45) is 0 Å². The van der Waals surface area contributed by atoms with Crippen LogP contribution >= 0.6 is 0 Å². The molecule has 0 heterocycles. The van der Waals surface area contributed by atoms with E-state index in [0.717, 1.165) is 0 Å². The van der Waals surface area contributed by atoms with Crippen LogP contribution in [0.25, 0.3) is 0 Å². The molecule has 1 amide bonds. The molecule has 0 aromatic carbocycles. The van der Waals surface area contributed by atoms with Crippen LogP contribution in [0.5, 0.6) is 0 Å². The zero-order valence-corrected chi connectivity index (χ0v) is 14.2. The Morgan fingerprint density at radius 2 is 1.55 bits per heavy atom. The van der Waals surface area contributed by atoms with Crippen molar-refractivity contribution < 1.29 is 19.4 Å².